The van der Waals surface area contributed by atoms with Crippen molar-refractivity contribution in [2.75, 3.05) is 13.2 Å². The number of rotatable bonds is 2. The Balaban J connectivity index is 2.67. The van der Waals surface area contributed by atoms with Gasteiger partial charge in [0.2, 0.25) is 0 Å². The SMILES string of the molecule is CCC1(C(O)C(F)(F)F)COC1. The fourth-order valence-corrected chi connectivity index (χ4v) is 1.27. The molecule has 1 saturated heterocycles. The summed E-state index contributed by atoms with van der Waals surface area (Å²) in [5.41, 5.74) is -1.09. The molecule has 72 valence electrons. The van der Waals surface area contributed by atoms with Gasteiger partial charge in [-0.25, -0.2) is 0 Å². The van der Waals surface area contributed by atoms with Crippen molar-refractivity contribution >= 4 is 0 Å². The van der Waals surface area contributed by atoms with Crippen LogP contribution in [0.3, 0.4) is 0 Å². The van der Waals surface area contributed by atoms with Gasteiger partial charge in [0.05, 0.1) is 18.6 Å². The average Bonchev–Trinajstić information content (AvgIpc) is 1.84. The zero-order valence-electron chi connectivity index (χ0n) is 6.69. The Labute approximate surface area is 68.3 Å². The van der Waals surface area contributed by atoms with Crippen molar-refractivity contribution < 1.29 is 23.0 Å². The van der Waals surface area contributed by atoms with E-state index in [1.807, 2.05) is 0 Å². The van der Waals surface area contributed by atoms with Gasteiger partial charge in [-0.1, -0.05) is 6.92 Å². The molecule has 0 bridgehead atoms. The average molecular weight is 184 g/mol. The Morgan fingerprint density at radius 2 is 2.00 bits per heavy atom. The summed E-state index contributed by atoms with van der Waals surface area (Å²) in [6.45, 7) is 1.63. The second-order valence-electron chi connectivity index (χ2n) is 3.15. The third-order valence-electron chi connectivity index (χ3n) is 2.37. The van der Waals surface area contributed by atoms with Crippen molar-refractivity contribution in [2.24, 2.45) is 5.41 Å². The summed E-state index contributed by atoms with van der Waals surface area (Å²) in [5.74, 6) is 0. The molecule has 1 atom stereocenters. The molecule has 0 aromatic carbocycles. The van der Waals surface area contributed by atoms with Crippen molar-refractivity contribution in [3.8, 4) is 0 Å². The van der Waals surface area contributed by atoms with Gasteiger partial charge >= 0.3 is 6.18 Å². The summed E-state index contributed by atoms with van der Waals surface area (Å²) in [6.07, 6.45) is -6.49. The van der Waals surface area contributed by atoms with Crippen molar-refractivity contribution in [1.82, 2.24) is 0 Å². The normalized spacial score (nSPS) is 24.8. The third kappa shape index (κ3) is 1.43. The van der Waals surface area contributed by atoms with Crippen LogP contribution in [-0.4, -0.2) is 30.6 Å². The molecule has 0 radical (unpaired) electrons. The predicted molar refractivity (Wildman–Crippen MR) is 35.6 cm³/mol. The second kappa shape index (κ2) is 2.88. The third-order valence-corrected chi connectivity index (χ3v) is 2.37. The van der Waals surface area contributed by atoms with Crippen LogP contribution in [0.1, 0.15) is 13.3 Å². The van der Waals surface area contributed by atoms with Crippen LogP contribution >= 0.6 is 0 Å². The Morgan fingerprint density at radius 1 is 1.50 bits per heavy atom. The van der Waals surface area contributed by atoms with E-state index in [4.69, 9.17) is 5.11 Å². The lowest BCUT2D eigenvalue weighted by molar-refractivity contribution is -0.285. The molecule has 0 aromatic heterocycles. The van der Waals surface area contributed by atoms with E-state index >= 15 is 0 Å². The zero-order valence-corrected chi connectivity index (χ0v) is 6.69. The van der Waals surface area contributed by atoms with Gasteiger partial charge in [0.25, 0.3) is 0 Å². The van der Waals surface area contributed by atoms with E-state index in [9.17, 15) is 13.2 Å². The summed E-state index contributed by atoms with van der Waals surface area (Å²) in [5, 5.41) is 8.95. The van der Waals surface area contributed by atoms with Crippen LogP contribution in [-0.2, 0) is 4.74 Å². The van der Waals surface area contributed by atoms with Crippen LogP contribution < -0.4 is 0 Å². The van der Waals surface area contributed by atoms with E-state index in [1.165, 1.54) is 0 Å². The highest BCUT2D eigenvalue weighted by molar-refractivity contribution is 4.94. The lowest BCUT2D eigenvalue weighted by Gasteiger charge is -2.44. The molecule has 5 heteroatoms. The quantitative estimate of drug-likeness (QED) is 0.701. The van der Waals surface area contributed by atoms with E-state index in [0.717, 1.165) is 0 Å². The molecule has 1 N–H and O–H groups in total. The number of hydrogen-bond donors (Lipinski definition) is 1. The van der Waals surface area contributed by atoms with E-state index in [1.54, 1.807) is 6.92 Å². The van der Waals surface area contributed by atoms with Gasteiger partial charge in [0.15, 0.2) is 6.10 Å². The molecule has 0 aromatic rings. The fourth-order valence-electron chi connectivity index (χ4n) is 1.27. The predicted octanol–water partition coefficient (Wildman–Crippen LogP) is 1.34. The smallest absolute Gasteiger partial charge is 0.383 e. The summed E-state index contributed by atoms with van der Waals surface area (Å²) in [6, 6.07) is 0. The second-order valence-corrected chi connectivity index (χ2v) is 3.15. The highest BCUT2D eigenvalue weighted by atomic mass is 19.4. The molecule has 1 unspecified atom stereocenters. The molecule has 0 spiro atoms. The molecule has 12 heavy (non-hydrogen) atoms. The van der Waals surface area contributed by atoms with E-state index < -0.39 is 17.7 Å². The maximum Gasteiger partial charge on any atom is 0.415 e. The van der Waals surface area contributed by atoms with Crippen molar-refractivity contribution in [1.29, 1.82) is 0 Å². The van der Waals surface area contributed by atoms with E-state index in [0.29, 0.717) is 0 Å². The van der Waals surface area contributed by atoms with Gasteiger partial charge in [0.1, 0.15) is 0 Å². The number of aliphatic hydroxyl groups excluding tert-OH is 1. The van der Waals surface area contributed by atoms with Gasteiger partial charge < -0.3 is 9.84 Å². The topological polar surface area (TPSA) is 29.5 Å². The summed E-state index contributed by atoms with van der Waals surface area (Å²) < 4.78 is 40.8. The van der Waals surface area contributed by atoms with Gasteiger partial charge in [0, 0.05) is 0 Å². The highest BCUT2D eigenvalue weighted by Crippen LogP contribution is 2.41. The van der Waals surface area contributed by atoms with Gasteiger partial charge in [-0.3, -0.25) is 0 Å². The van der Waals surface area contributed by atoms with Gasteiger partial charge in [-0.05, 0) is 6.42 Å². The first-order valence-corrected chi connectivity index (χ1v) is 3.75. The Morgan fingerprint density at radius 3 is 2.08 bits per heavy atom. The molecular weight excluding hydrogens is 173 g/mol. The lowest BCUT2D eigenvalue weighted by Crippen LogP contribution is -2.56. The molecule has 1 aliphatic rings. The fraction of sp³-hybridized carbons (Fsp3) is 1.00. The number of aliphatic hydroxyl groups is 1. The number of halogens is 3. The molecule has 1 aliphatic heterocycles. The minimum atomic E-state index is -4.53. The van der Waals surface area contributed by atoms with Gasteiger partial charge in [-0.15, -0.1) is 0 Å². The maximum absolute atomic E-state index is 12.0. The monoisotopic (exact) mass is 184 g/mol. The molecule has 1 rings (SSSR count). The van der Waals surface area contributed by atoms with Crippen molar-refractivity contribution in [3.05, 3.63) is 0 Å². The maximum atomic E-state index is 12.0. The number of alkyl halides is 3. The van der Waals surface area contributed by atoms with Crippen LogP contribution in [0, 0.1) is 5.41 Å². The first-order valence-electron chi connectivity index (χ1n) is 3.75. The molecule has 1 heterocycles. The van der Waals surface area contributed by atoms with Crippen LogP contribution in [0.2, 0.25) is 0 Å². The highest BCUT2D eigenvalue weighted by Gasteiger charge is 2.55. The van der Waals surface area contributed by atoms with Crippen LogP contribution in [0.25, 0.3) is 0 Å². The Hall–Kier alpha value is -0.290. The van der Waals surface area contributed by atoms with Crippen LogP contribution in [0.15, 0.2) is 0 Å². The summed E-state index contributed by atoms with van der Waals surface area (Å²) >= 11 is 0. The molecule has 2 nitrogen and oxygen atoms in total. The van der Waals surface area contributed by atoms with E-state index in [2.05, 4.69) is 4.74 Å². The minimum Gasteiger partial charge on any atom is -0.383 e. The van der Waals surface area contributed by atoms with E-state index in [-0.39, 0.29) is 19.6 Å². The lowest BCUT2D eigenvalue weighted by atomic mass is 9.77. The Bertz CT molecular complexity index is 157. The van der Waals surface area contributed by atoms with Crippen molar-refractivity contribution in [2.45, 2.75) is 25.6 Å². The first kappa shape index (κ1) is 9.80. The molecule has 0 saturated carbocycles. The summed E-state index contributed by atoms with van der Waals surface area (Å²) in [4.78, 5) is 0. The molecule has 1 fully saturated rings. The summed E-state index contributed by atoms with van der Waals surface area (Å²) in [7, 11) is 0. The zero-order chi connectivity index (χ0) is 9.41. The molecule has 0 amide bonds. The van der Waals surface area contributed by atoms with Crippen LogP contribution in [0.5, 0.6) is 0 Å². The molecule has 0 aliphatic carbocycles. The van der Waals surface area contributed by atoms with Crippen LogP contribution in [0.4, 0.5) is 13.2 Å². The largest absolute Gasteiger partial charge is 0.415 e. The standard InChI is InChI=1S/C7H11F3O2/c1-2-6(3-12-4-6)5(11)7(8,9)10/h5,11H,2-4H2,1H3. The minimum absolute atomic E-state index is 0.00414. The van der Waals surface area contributed by atoms with Gasteiger partial charge in [-0.2, -0.15) is 13.2 Å². The number of ether oxygens (including phenoxy) is 1. The first-order chi connectivity index (χ1) is 5.42. The number of hydrogen-bond acceptors (Lipinski definition) is 2. The molecular formula is C7H11F3O2. The van der Waals surface area contributed by atoms with Crippen molar-refractivity contribution in [3.63, 3.8) is 0 Å². The Kier molecular flexibility index (Phi) is 2.35.